The molecule has 160 valence electrons. The second kappa shape index (κ2) is 8.11. The molecule has 1 aliphatic heterocycles. The van der Waals surface area contributed by atoms with Crippen LogP contribution in [0.15, 0.2) is 55.0 Å². The zero-order valence-corrected chi connectivity index (χ0v) is 18.2. The summed E-state index contributed by atoms with van der Waals surface area (Å²) in [5, 5.41) is 13.5. The Hall–Kier alpha value is -3.67. The highest BCUT2D eigenvalue weighted by molar-refractivity contribution is 6.33. The Morgan fingerprint density at radius 2 is 1.97 bits per heavy atom. The SMILES string of the molecule is C[C@H](Nc1ncc(C#N)c(-c2cnc3c(Cl)cccn23)n1)c1ccc(N2CC(N)C2)cc1. The molecule has 5 rings (SSSR count). The fraction of sp³-hybridized carbons (Fsp3) is 0.217. The van der Waals surface area contributed by atoms with Gasteiger partial charge in [-0.15, -0.1) is 0 Å². The summed E-state index contributed by atoms with van der Waals surface area (Å²) >= 11 is 6.25. The molecule has 0 spiro atoms. The van der Waals surface area contributed by atoms with Gasteiger partial charge >= 0.3 is 0 Å². The van der Waals surface area contributed by atoms with Crippen molar-refractivity contribution in [2.75, 3.05) is 23.3 Å². The second-order valence-corrected chi connectivity index (χ2v) is 8.29. The molecule has 3 aromatic heterocycles. The third-order valence-corrected chi connectivity index (χ3v) is 5.95. The molecule has 1 atom stereocenters. The van der Waals surface area contributed by atoms with E-state index in [4.69, 9.17) is 17.3 Å². The number of fused-ring (bicyclic) bond motifs is 1. The summed E-state index contributed by atoms with van der Waals surface area (Å²) < 4.78 is 1.82. The van der Waals surface area contributed by atoms with Crippen molar-refractivity contribution in [2.24, 2.45) is 5.73 Å². The molecule has 4 aromatic rings. The molecule has 32 heavy (non-hydrogen) atoms. The highest BCUT2D eigenvalue weighted by atomic mass is 35.5. The van der Waals surface area contributed by atoms with Crippen molar-refractivity contribution < 1.29 is 0 Å². The van der Waals surface area contributed by atoms with E-state index in [-0.39, 0.29) is 12.1 Å². The van der Waals surface area contributed by atoms with Crippen LogP contribution in [-0.4, -0.2) is 38.5 Å². The number of imidazole rings is 1. The van der Waals surface area contributed by atoms with Crippen molar-refractivity contribution in [1.82, 2.24) is 19.4 Å². The maximum Gasteiger partial charge on any atom is 0.223 e. The number of aromatic nitrogens is 4. The number of hydrogen-bond acceptors (Lipinski definition) is 7. The first-order chi connectivity index (χ1) is 15.5. The number of anilines is 2. The maximum absolute atomic E-state index is 9.59. The molecule has 1 fully saturated rings. The second-order valence-electron chi connectivity index (χ2n) is 7.88. The largest absolute Gasteiger partial charge is 0.368 e. The minimum Gasteiger partial charge on any atom is -0.368 e. The Kier molecular flexibility index (Phi) is 5.13. The smallest absolute Gasteiger partial charge is 0.223 e. The summed E-state index contributed by atoms with van der Waals surface area (Å²) in [4.78, 5) is 15.6. The molecule has 0 aliphatic carbocycles. The van der Waals surface area contributed by atoms with Crippen LogP contribution in [0.25, 0.3) is 17.0 Å². The lowest BCUT2D eigenvalue weighted by Crippen LogP contribution is -2.55. The molecule has 1 saturated heterocycles. The van der Waals surface area contributed by atoms with Crippen LogP contribution in [0.3, 0.4) is 0 Å². The molecule has 4 heterocycles. The fourth-order valence-corrected chi connectivity index (χ4v) is 4.07. The van der Waals surface area contributed by atoms with Gasteiger partial charge in [0.15, 0.2) is 5.65 Å². The van der Waals surface area contributed by atoms with E-state index in [2.05, 4.69) is 55.5 Å². The van der Waals surface area contributed by atoms with E-state index in [1.54, 1.807) is 12.3 Å². The number of rotatable bonds is 5. The lowest BCUT2D eigenvalue weighted by Gasteiger charge is -2.39. The van der Waals surface area contributed by atoms with Gasteiger partial charge in [0.1, 0.15) is 11.8 Å². The van der Waals surface area contributed by atoms with Crippen molar-refractivity contribution >= 4 is 28.9 Å². The minimum atomic E-state index is -0.0277. The number of nitrogens with one attached hydrogen (secondary N) is 1. The van der Waals surface area contributed by atoms with Crippen LogP contribution in [-0.2, 0) is 0 Å². The molecular formula is C23H21ClN8. The van der Waals surface area contributed by atoms with Crippen LogP contribution in [0.5, 0.6) is 0 Å². The molecule has 8 nitrogen and oxygen atoms in total. The average Bonchev–Trinajstić information content (AvgIpc) is 3.22. The summed E-state index contributed by atoms with van der Waals surface area (Å²) in [6, 6.07) is 14.4. The van der Waals surface area contributed by atoms with E-state index in [9.17, 15) is 5.26 Å². The Bertz CT molecular complexity index is 1320. The molecule has 0 amide bonds. The molecule has 1 aromatic carbocycles. The normalized spacial score (nSPS) is 14.8. The van der Waals surface area contributed by atoms with E-state index in [1.807, 2.05) is 23.6 Å². The van der Waals surface area contributed by atoms with Crippen LogP contribution in [0.2, 0.25) is 5.02 Å². The molecule has 0 radical (unpaired) electrons. The summed E-state index contributed by atoms with van der Waals surface area (Å²) in [7, 11) is 0. The van der Waals surface area contributed by atoms with Crippen molar-refractivity contribution in [3.05, 3.63) is 71.1 Å². The first-order valence-corrected chi connectivity index (χ1v) is 10.7. The zero-order valence-electron chi connectivity index (χ0n) is 17.4. The summed E-state index contributed by atoms with van der Waals surface area (Å²) in [6.07, 6.45) is 5.03. The quantitative estimate of drug-likeness (QED) is 0.483. The number of benzene rings is 1. The van der Waals surface area contributed by atoms with Crippen LogP contribution in [0.1, 0.15) is 24.1 Å². The lowest BCUT2D eigenvalue weighted by molar-refractivity contribution is 0.519. The summed E-state index contributed by atoms with van der Waals surface area (Å²) in [6.45, 7) is 3.83. The lowest BCUT2D eigenvalue weighted by atomic mass is 10.1. The predicted octanol–water partition coefficient (Wildman–Crippen LogP) is 3.64. The topological polar surface area (TPSA) is 108 Å². The highest BCUT2D eigenvalue weighted by Gasteiger charge is 2.23. The zero-order chi connectivity index (χ0) is 22.2. The highest BCUT2D eigenvalue weighted by Crippen LogP contribution is 2.28. The minimum absolute atomic E-state index is 0.0277. The molecule has 3 N–H and O–H groups in total. The van der Waals surface area contributed by atoms with Crippen LogP contribution in [0.4, 0.5) is 11.6 Å². The van der Waals surface area contributed by atoms with Gasteiger partial charge in [-0.2, -0.15) is 5.26 Å². The molecule has 9 heteroatoms. The number of hydrogen-bond donors (Lipinski definition) is 2. The van der Waals surface area contributed by atoms with Crippen molar-refractivity contribution in [3.63, 3.8) is 0 Å². The molecule has 0 bridgehead atoms. The van der Waals surface area contributed by atoms with E-state index < -0.39 is 0 Å². The van der Waals surface area contributed by atoms with Gasteiger partial charge in [0.2, 0.25) is 5.95 Å². The molecule has 1 aliphatic rings. The monoisotopic (exact) mass is 444 g/mol. The van der Waals surface area contributed by atoms with E-state index in [1.165, 1.54) is 11.9 Å². The van der Waals surface area contributed by atoms with Crippen LogP contribution < -0.4 is 16.0 Å². The number of nitrogens with two attached hydrogens (primary N) is 1. The number of pyridine rings is 1. The van der Waals surface area contributed by atoms with Gasteiger partial charge in [-0.1, -0.05) is 23.7 Å². The Labute approximate surface area is 190 Å². The third-order valence-electron chi connectivity index (χ3n) is 5.65. The Morgan fingerprint density at radius 3 is 2.69 bits per heavy atom. The first-order valence-electron chi connectivity index (χ1n) is 10.3. The van der Waals surface area contributed by atoms with Gasteiger partial charge in [-0.25, -0.2) is 15.0 Å². The molecule has 0 saturated carbocycles. The molecular weight excluding hydrogens is 424 g/mol. The van der Waals surface area contributed by atoms with Crippen molar-refractivity contribution in [3.8, 4) is 17.5 Å². The van der Waals surface area contributed by atoms with Gasteiger partial charge < -0.3 is 16.0 Å². The third kappa shape index (κ3) is 3.62. The van der Waals surface area contributed by atoms with Gasteiger partial charge in [0.25, 0.3) is 0 Å². The number of nitrogens with zero attached hydrogens (tertiary/aromatic N) is 6. The summed E-state index contributed by atoms with van der Waals surface area (Å²) in [5.74, 6) is 0.432. The van der Waals surface area contributed by atoms with E-state index >= 15 is 0 Å². The predicted molar refractivity (Wildman–Crippen MR) is 125 cm³/mol. The average molecular weight is 445 g/mol. The van der Waals surface area contributed by atoms with Crippen LogP contribution >= 0.6 is 11.6 Å². The number of halogens is 1. The molecule has 0 unspecified atom stereocenters. The maximum atomic E-state index is 9.59. The first kappa shape index (κ1) is 20.2. The van der Waals surface area contributed by atoms with E-state index in [0.29, 0.717) is 33.6 Å². The van der Waals surface area contributed by atoms with Gasteiger partial charge in [0.05, 0.1) is 34.7 Å². The van der Waals surface area contributed by atoms with Crippen molar-refractivity contribution in [2.45, 2.75) is 19.0 Å². The summed E-state index contributed by atoms with van der Waals surface area (Å²) in [5.41, 5.74) is 10.3. The Morgan fingerprint density at radius 1 is 1.19 bits per heavy atom. The van der Waals surface area contributed by atoms with Gasteiger partial charge in [-0.3, -0.25) is 4.40 Å². The van der Waals surface area contributed by atoms with Crippen molar-refractivity contribution in [1.29, 1.82) is 5.26 Å². The fourth-order valence-electron chi connectivity index (χ4n) is 3.85. The Balaban J connectivity index is 1.41. The standard InChI is InChI=1S/C23H21ClN8/c1-14(15-4-6-18(7-5-15)31-12-17(26)13-31)29-23-28-10-16(9-25)21(30-23)20-11-27-22-19(24)3-2-8-32(20)22/h2-8,10-11,14,17H,12-13,26H2,1H3,(H,28,29,30)/t14-/m0/s1. The van der Waals surface area contributed by atoms with Crippen LogP contribution in [0, 0.1) is 11.3 Å². The number of nitriles is 1. The van der Waals surface area contributed by atoms with Gasteiger partial charge in [0, 0.05) is 31.0 Å². The van der Waals surface area contributed by atoms with E-state index in [0.717, 1.165) is 18.7 Å². The van der Waals surface area contributed by atoms with Gasteiger partial charge in [-0.05, 0) is 36.8 Å².